The van der Waals surface area contributed by atoms with Crippen LogP contribution in [0.1, 0.15) is 13.3 Å². The van der Waals surface area contributed by atoms with Crippen LogP contribution in [0.15, 0.2) is 0 Å². The molecule has 0 heterocycles. The Morgan fingerprint density at radius 3 is 2.33 bits per heavy atom. The van der Waals surface area contributed by atoms with Crippen LogP contribution in [0.3, 0.4) is 0 Å². The predicted octanol–water partition coefficient (Wildman–Crippen LogP) is -1.47. The first kappa shape index (κ1) is 11.3. The lowest BCUT2D eigenvalue weighted by Crippen LogP contribution is -2.30. The van der Waals surface area contributed by atoms with Gasteiger partial charge in [0.25, 0.3) is 0 Å². The van der Waals surface area contributed by atoms with Crippen molar-refractivity contribution in [3.63, 3.8) is 0 Å². The highest BCUT2D eigenvalue weighted by molar-refractivity contribution is 6.23. The molecule has 0 radical (unpaired) electrons. The van der Waals surface area contributed by atoms with Crippen molar-refractivity contribution in [3.8, 4) is 0 Å². The van der Waals surface area contributed by atoms with E-state index in [1.165, 1.54) is 0 Å². The van der Waals surface area contributed by atoms with Gasteiger partial charge in [0, 0.05) is 13.3 Å². The van der Waals surface area contributed by atoms with Crippen molar-refractivity contribution in [3.05, 3.63) is 0 Å². The lowest BCUT2D eigenvalue weighted by atomic mass is 10.1. The zero-order chi connectivity index (χ0) is 11.6. The van der Waals surface area contributed by atoms with Crippen molar-refractivity contribution in [1.82, 2.24) is 0 Å². The summed E-state index contributed by atoms with van der Waals surface area (Å²) in [6, 6.07) is 0. The Balaban J connectivity index is 2.63. The second-order valence-electron chi connectivity index (χ2n) is 3.00. The maximum Gasteiger partial charge on any atom is 0.373 e. The Bertz CT molecular complexity index is 332. The van der Waals surface area contributed by atoms with E-state index in [0.717, 1.165) is 6.92 Å². The summed E-state index contributed by atoms with van der Waals surface area (Å²) in [4.78, 5) is 51.3. The zero-order valence-corrected chi connectivity index (χ0v) is 7.76. The predicted molar refractivity (Wildman–Crippen MR) is 42.0 cm³/mol. The second-order valence-corrected chi connectivity index (χ2v) is 3.00. The number of aliphatic hydroxyl groups is 1. The molecule has 0 aliphatic heterocycles. The molecule has 2 unspecified atom stereocenters. The Kier molecular flexibility index (Phi) is 3.15. The number of rotatable bonds is 1. The highest BCUT2D eigenvalue weighted by Gasteiger charge is 2.46. The molecule has 1 rings (SSSR count). The van der Waals surface area contributed by atoms with Gasteiger partial charge in [0.05, 0.1) is 0 Å². The smallest absolute Gasteiger partial charge is 0.373 e. The third-order valence-corrected chi connectivity index (χ3v) is 1.81. The standard InChI is InChI=1S/C8H8O7/c1-3(9)14-15-8(13)6-4(10)2-5(11)7(6)12/h5-6,11H,2H2,1H3. The summed E-state index contributed by atoms with van der Waals surface area (Å²) in [5.41, 5.74) is 0. The Morgan fingerprint density at radius 1 is 1.33 bits per heavy atom. The molecular formula is C8H8O7. The van der Waals surface area contributed by atoms with Gasteiger partial charge in [-0.25, -0.2) is 19.4 Å². The number of aliphatic hydroxyl groups excluding tert-OH is 1. The molecule has 0 saturated heterocycles. The van der Waals surface area contributed by atoms with E-state index in [1.807, 2.05) is 0 Å². The van der Waals surface area contributed by atoms with Crippen LogP contribution in [0.5, 0.6) is 0 Å². The third kappa shape index (κ3) is 2.38. The highest BCUT2D eigenvalue weighted by Crippen LogP contribution is 2.19. The lowest BCUT2D eigenvalue weighted by molar-refractivity contribution is -0.259. The first-order valence-electron chi connectivity index (χ1n) is 4.07. The van der Waals surface area contributed by atoms with Crippen molar-refractivity contribution >= 4 is 23.5 Å². The minimum absolute atomic E-state index is 0.418. The third-order valence-electron chi connectivity index (χ3n) is 1.81. The molecule has 1 aliphatic carbocycles. The minimum Gasteiger partial charge on any atom is -0.385 e. The number of carbonyl (C=O) groups excluding carboxylic acids is 4. The van der Waals surface area contributed by atoms with E-state index < -0.39 is 41.9 Å². The fourth-order valence-electron chi connectivity index (χ4n) is 1.16. The van der Waals surface area contributed by atoms with Gasteiger partial charge in [-0.3, -0.25) is 9.59 Å². The van der Waals surface area contributed by atoms with Crippen molar-refractivity contribution < 1.29 is 34.1 Å². The molecule has 7 heteroatoms. The van der Waals surface area contributed by atoms with Gasteiger partial charge in [0.15, 0.2) is 17.5 Å². The van der Waals surface area contributed by atoms with Gasteiger partial charge in [-0.2, -0.15) is 0 Å². The molecule has 0 aromatic rings. The molecular weight excluding hydrogens is 208 g/mol. The van der Waals surface area contributed by atoms with Gasteiger partial charge in [-0.1, -0.05) is 0 Å². The average Bonchev–Trinajstić information content (AvgIpc) is 2.37. The molecule has 1 fully saturated rings. The van der Waals surface area contributed by atoms with E-state index in [0.29, 0.717) is 0 Å². The Hall–Kier alpha value is -1.76. The zero-order valence-electron chi connectivity index (χ0n) is 7.76. The minimum atomic E-state index is -1.68. The first-order valence-corrected chi connectivity index (χ1v) is 4.07. The summed E-state index contributed by atoms with van der Waals surface area (Å²) in [6.07, 6.45) is -1.90. The van der Waals surface area contributed by atoms with Gasteiger partial charge in [0.2, 0.25) is 0 Å². The Labute approximate surface area is 83.9 Å². The average molecular weight is 216 g/mol. The van der Waals surface area contributed by atoms with Crippen LogP contribution < -0.4 is 0 Å². The Morgan fingerprint density at radius 2 is 1.93 bits per heavy atom. The molecule has 0 amide bonds. The van der Waals surface area contributed by atoms with Crippen LogP contribution in [0.2, 0.25) is 0 Å². The van der Waals surface area contributed by atoms with Crippen LogP contribution in [0.4, 0.5) is 0 Å². The van der Waals surface area contributed by atoms with Crippen molar-refractivity contribution in [2.75, 3.05) is 0 Å². The molecule has 1 saturated carbocycles. The molecule has 2 atom stereocenters. The summed E-state index contributed by atoms with van der Waals surface area (Å²) in [7, 11) is 0. The molecule has 1 N–H and O–H groups in total. The summed E-state index contributed by atoms with van der Waals surface area (Å²) < 4.78 is 0. The quantitative estimate of drug-likeness (QED) is 0.323. The maximum atomic E-state index is 11.1. The summed E-state index contributed by atoms with van der Waals surface area (Å²) in [5, 5.41) is 8.98. The molecule has 7 nitrogen and oxygen atoms in total. The van der Waals surface area contributed by atoms with Gasteiger partial charge < -0.3 is 5.11 Å². The topological polar surface area (TPSA) is 107 Å². The van der Waals surface area contributed by atoms with Gasteiger partial charge in [-0.15, -0.1) is 0 Å². The van der Waals surface area contributed by atoms with Crippen LogP contribution in [0.25, 0.3) is 0 Å². The van der Waals surface area contributed by atoms with E-state index >= 15 is 0 Å². The van der Waals surface area contributed by atoms with E-state index in [2.05, 4.69) is 9.78 Å². The van der Waals surface area contributed by atoms with E-state index in [4.69, 9.17) is 5.11 Å². The van der Waals surface area contributed by atoms with Gasteiger partial charge in [0.1, 0.15) is 6.10 Å². The number of carbonyl (C=O) groups is 4. The maximum absolute atomic E-state index is 11.1. The van der Waals surface area contributed by atoms with Crippen LogP contribution >= 0.6 is 0 Å². The number of Topliss-reactive ketones (excluding diaryl/α,β-unsaturated/α-hetero) is 2. The monoisotopic (exact) mass is 216 g/mol. The molecule has 0 bridgehead atoms. The molecule has 0 aromatic heterocycles. The number of hydrogen-bond donors (Lipinski definition) is 1. The fraction of sp³-hybridized carbons (Fsp3) is 0.500. The molecule has 15 heavy (non-hydrogen) atoms. The SMILES string of the molecule is CC(=O)OOC(=O)C1C(=O)CC(O)C1=O. The summed E-state index contributed by atoms with van der Waals surface area (Å²) in [6.45, 7) is 0.987. The lowest BCUT2D eigenvalue weighted by Gasteiger charge is -2.04. The van der Waals surface area contributed by atoms with Crippen LogP contribution in [-0.4, -0.2) is 34.7 Å². The summed E-state index contributed by atoms with van der Waals surface area (Å²) >= 11 is 0. The van der Waals surface area contributed by atoms with Crippen molar-refractivity contribution in [2.24, 2.45) is 5.92 Å². The van der Waals surface area contributed by atoms with Crippen LogP contribution in [0, 0.1) is 5.92 Å². The van der Waals surface area contributed by atoms with E-state index in [1.54, 1.807) is 0 Å². The van der Waals surface area contributed by atoms with Crippen LogP contribution in [-0.2, 0) is 29.0 Å². The molecule has 1 aliphatic rings. The van der Waals surface area contributed by atoms with E-state index in [-0.39, 0.29) is 0 Å². The van der Waals surface area contributed by atoms with E-state index in [9.17, 15) is 19.2 Å². The largest absolute Gasteiger partial charge is 0.385 e. The molecule has 0 aromatic carbocycles. The molecule has 82 valence electrons. The van der Waals surface area contributed by atoms with Crippen molar-refractivity contribution in [1.29, 1.82) is 0 Å². The normalized spacial score (nSPS) is 25.2. The number of ketones is 2. The van der Waals surface area contributed by atoms with Gasteiger partial charge >= 0.3 is 11.9 Å². The highest BCUT2D eigenvalue weighted by atomic mass is 17.2. The first-order chi connectivity index (χ1) is 6.93. The van der Waals surface area contributed by atoms with Crippen molar-refractivity contribution in [2.45, 2.75) is 19.4 Å². The number of hydrogen-bond acceptors (Lipinski definition) is 7. The fourth-order valence-corrected chi connectivity index (χ4v) is 1.16. The second kappa shape index (κ2) is 4.18. The van der Waals surface area contributed by atoms with Gasteiger partial charge in [-0.05, 0) is 0 Å². The summed E-state index contributed by atoms with van der Waals surface area (Å²) in [5.74, 6) is -5.53. The molecule has 0 spiro atoms.